The van der Waals surface area contributed by atoms with Gasteiger partial charge in [-0.3, -0.25) is 0 Å². The molecule has 0 saturated carbocycles. The molecule has 0 radical (unpaired) electrons. The lowest BCUT2D eigenvalue weighted by molar-refractivity contribution is 0.123. The van der Waals surface area contributed by atoms with Gasteiger partial charge < -0.3 is 14.4 Å². The first-order chi connectivity index (χ1) is 6.40. The van der Waals surface area contributed by atoms with Crippen LogP contribution in [0.2, 0.25) is 0 Å². The summed E-state index contributed by atoms with van der Waals surface area (Å²) in [4.78, 5) is 2.33. The lowest BCUT2D eigenvalue weighted by Crippen LogP contribution is -2.35. The predicted molar refractivity (Wildman–Crippen MR) is 53.9 cm³/mol. The van der Waals surface area contributed by atoms with Crippen LogP contribution in [0.15, 0.2) is 12.1 Å². The third-order valence-corrected chi connectivity index (χ3v) is 3.20. The fourth-order valence-corrected chi connectivity index (χ4v) is 2.25. The number of hydrogen-bond donors (Lipinski definition) is 0. The molecule has 0 spiro atoms. The van der Waals surface area contributed by atoms with E-state index in [0.717, 1.165) is 31.4 Å². The third-order valence-electron chi connectivity index (χ3n) is 2.09. The second-order valence-electron chi connectivity index (χ2n) is 2.90. The number of thiophene rings is 1. The Labute approximate surface area is 81.9 Å². The maximum Gasteiger partial charge on any atom is 0.175 e. The van der Waals surface area contributed by atoms with E-state index in [1.54, 1.807) is 18.4 Å². The highest BCUT2D eigenvalue weighted by Crippen LogP contribution is 2.31. The summed E-state index contributed by atoms with van der Waals surface area (Å²) in [5.74, 6) is 0. The van der Waals surface area contributed by atoms with Gasteiger partial charge in [-0.2, -0.15) is 0 Å². The van der Waals surface area contributed by atoms with E-state index in [1.807, 2.05) is 6.07 Å². The molecular formula is C9H13NO2S. The lowest BCUT2D eigenvalue weighted by Gasteiger charge is -2.27. The smallest absolute Gasteiger partial charge is 0.175 e. The fourth-order valence-electron chi connectivity index (χ4n) is 1.37. The Morgan fingerprint density at radius 1 is 1.38 bits per heavy atom. The van der Waals surface area contributed by atoms with E-state index in [2.05, 4.69) is 11.0 Å². The summed E-state index contributed by atoms with van der Waals surface area (Å²) in [5, 5.41) is 2.25. The van der Waals surface area contributed by atoms with Crippen LogP contribution in [0.4, 0.5) is 5.00 Å². The van der Waals surface area contributed by atoms with Crippen LogP contribution >= 0.6 is 11.3 Å². The molecule has 1 aromatic heterocycles. The first kappa shape index (κ1) is 8.84. The Morgan fingerprint density at radius 3 is 2.77 bits per heavy atom. The summed E-state index contributed by atoms with van der Waals surface area (Å²) in [6, 6.07) is 4.12. The van der Waals surface area contributed by atoms with Crippen LogP contribution in [0.3, 0.4) is 0 Å². The van der Waals surface area contributed by atoms with Crippen molar-refractivity contribution in [2.75, 3.05) is 38.3 Å². The Bertz CT molecular complexity index is 268. The van der Waals surface area contributed by atoms with Crippen molar-refractivity contribution in [2.45, 2.75) is 0 Å². The van der Waals surface area contributed by atoms with Gasteiger partial charge >= 0.3 is 0 Å². The zero-order valence-corrected chi connectivity index (χ0v) is 8.47. The van der Waals surface area contributed by atoms with Crippen molar-refractivity contribution in [2.24, 2.45) is 0 Å². The van der Waals surface area contributed by atoms with Crippen molar-refractivity contribution in [1.82, 2.24) is 0 Å². The number of rotatable bonds is 2. The first-order valence-corrected chi connectivity index (χ1v) is 5.18. The Morgan fingerprint density at radius 2 is 2.15 bits per heavy atom. The lowest BCUT2D eigenvalue weighted by atomic mass is 10.4. The van der Waals surface area contributed by atoms with Crippen LogP contribution in [0.1, 0.15) is 0 Å². The number of anilines is 1. The number of hydrogen-bond acceptors (Lipinski definition) is 4. The van der Waals surface area contributed by atoms with Gasteiger partial charge in [-0.15, -0.1) is 0 Å². The van der Waals surface area contributed by atoms with E-state index in [1.165, 1.54) is 5.00 Å². The molecule has 1 aromatic rings. The van der Waals surface area contributed by atoms with E-state index < -0.39 is 0 Å². The molecule has 4 heteroatoms. The van der Waals surface area contributed by atoms with Gasteiger partial charge in [0.25, 0.3) is 0 Å². The van der Waals surface area contributed by atoms with E-state index >= 15 is 0 Å². The third kappa shape index (κ3) is 1.95. The molecule has 0 bridgehead atoms. The highest BCUT2D eigenvalue weighted by atomic mass is 32.1. The number of methoxy groups -OCH3 is 1. The van der Waals surface area contributed by atoms with E-state index in [-0.39, 0.29) is 0 Å². The molecule has 2 heterocycles. The van der Waals surface area contributed by atoms with Gasteiger partial charge in [-0.1, -0.05) is 11.3 Å². The Hall–Kier alpha value is -0.740. The van der Waals surface area contributed by atoms with Crippen molar-refractivity contribution < 1.29 is 9.47 Å². The maximum atomic E-state index is 5.29. The summed E-state index contributed by atoms with van der Waals surface area (Å²) >= 11 is 1.69. The van der Waals surface area contributed by atoms with Crippen molar-refractivity contribution in [3.05, 3.63) is 12.1 Å². The molecule has 1 saturated heterocycles. The minimum absolute atomic E-state index is 0.834. The molecule has 0 aromatic carbocycles. The maximum absolute atomic E-state index is 5.29. The Balaban J connectivity index is 2.05. The summed E-state index contributed by atoms with van der Waals surface area (Å²) < 4.78 is 10.4. The Kier molecular flexibility index (Phi) is 2.71. The van der Waals surface area contributed by atoms with Crippen LogP contribution in [0, 0.1) is 0 Å². The molecule has 2 rings (SSSR count). The first-order valence-electron chi connectivity index (χ1n) is 4.36. The monoisotopic (exact) mass is 199 g/mol. The predicted octanol–water partition coefficient (Wildman–Crippen LogP) is 1.59. The number of ether oxygens (including phenoxy) is 2. The molecule has 1 aliphatic heterocycles. The largest absolute Gasteiger partial charge is 0.487 e. The van der Waals surface area contributed by atoms with Gasteiger partial charge in [-0.25, -0.2) is 0 Å². The SMILES string of the molecule is COc1ccc(N2CCOCC2)s1. The van der Waals surface area contributed by atoms with Crippen molar-refractivity contribution in [3.8, 4) is 5.06 Å². The van der Waals surface area contributed by atoms with Crippen LogP contribution in [-0.2, 0) is 4.74 Å². The molecule has 72 valence electrons. The van der Waals surface area contributed by atoms with Crippen LogP contribution < -0.4 is 9.64 Å². The minimum atomic E-state index is 0.834. The minimum Gasteiger partial charge on any atom is -0.487 e. The molecule has 0 N–H and O–H groups in total. The topological polar surface area (TPSA) is 21.7 Å². The molecule has 3 nitrogen and oxygen atoms in total. The summed E-state index contributed by atoms with van der Waals surface area (Å²) in [6.45, 7) is 3.65. The molecule has 1 aliphatic rings. The zero-order chi connectivity index (χ0) is 9.10. The van der Waals surface area contributed by atoms with Crippen LogP contribution in [0.5, 0.6) is 5.06 Å². The standard InChI is InChI=1S/C9H13NO2S/c1-11-9-3-2-8(13-9)10-4-6-12-7-5-10/h2-3H,4-7H2,1H3. The summed E-state index contributed by atoms with van der Waals surface area (Å²) in [6.07, 6.45) is 0. The van der Waals surface area contributed by atoms with Crippen molar-refractivity contribution in [3.63, 3.8) is 0 Å². The summed E-state index contributed by atoms with van der Waals surface area (Å²) in [5.41, 5.74) is 0. The second kappa shape index (κ2) is 3.98. The van der Waals surface area contributed by atoms with Crippen LogP contribution in [-0.4, -0.2) is 33.4 Å². The van der Waals surface area contributed by atoms with E-state index in [0.29, 0.717) is 0 Å². The van der Waals surface area contributed by atoms with Gasteiger partial charge in [-0.05, 0) is 12.1 Å². The zero-order valence-electron chi connectivity index (χ0n) is 7.66. The highest BCUT2D eigenvalue weighted by Gasteiger charge is 2.12. The molecule has 0 unspecified atom stereocenters. The van der Waals surface area contributed by atoms with Gasteiger partial charge in [0, 0.05) is 13.1 Å². The normalized spacial score (nSPS) is 17.5. The van der Waals surface area contributed by atoms with Gasteiger partial charge in [0.1, 0.15) is 0 Å². The summed E-state index contributed by atoms with van der Waals surface area (Å²) in [7, 11) is 1.70. The number of morpholine rings is 1. The van der Waals surface area contributed by atoms with Gasteiger partial charge in [0.05, 0.1) is 25.3 Å². The molecule has 0 aliphatic carbocycles. The van der Waals surface area contributed by atoms with Crippen LogP contribution in [0.25, 0.3) is 0 Å². The van der Waals surface area contributed by atoms with Crippen molar-refractivity contribution in [1.29, 1.82) is 0 Å². The quantitative estimate of drug-likeness (QED) is 0.722. The average molecular weight is 199 g/mol. The average Bonchev–Trinajstić information content (AvgIpc) is 2.67. The van der Waals surface area contributed by atoms with Gasteiger partial charge in [0.2, 0.25) is 0 Å². The molecule has 13 heavy (non-hydrogen) atoms. The molecule has 0 atom stereocenters. The van der Waals surface area contributed by atoms with Gasteiger partial charge in [0.15, 0.2) is 5.06 Å². The van der Waals surface area contributed by atoms with E-state index in [9.17, 15) is 0 Å². The highest BCUT2D eigenvalue weighted by molar-refractivity contribution is 7.17. The fraction of sp³-hybridized carbons (Fsp3) is 0.556. The molecular weight excluding hydrogens is 186 g/mol. The van der Waals surface area contributed by atoms with E-state index in [4.69, 9.17) is 9.47 Å². The van der Waals surface area contributed by atoms with Crippen molar-refractivity contribution >= 4 is 16.3 Å². The molecule has 1 fully saturated rings. The second-order valence-corrected chi connectivity index (χ2v) is 3.92. The number of nitrogens with zero attached hydrogens (tertiary/aromatic N) is 1. The molecule has 0 amide bonds.